The molecule has 0 aromatic heterocycles. The number of nitro groups is 1. The second-order valence-corrected chi connectivity index (χ2v) is 9.84. The van der Waals surface area contributed by atoms with Crippen LogP contribution >= 0.6 is 0 Å². The number of hydrogen-bond acceptors (Lipinski definition) is 6. The third kappa shape index (κ3) is 5.28. The highest BCUT2D eigenvalue weighted by atomic mass is 32.2. The van der Waals surface area contributed by atoms with Gasteiger partial charge in [0.2, 0.25) is 10.0 Å². The molecule has 1 heterocycles. The lowest BCUT2D eigenvalue weighted by molar-refractivity contribution is -0.384. The van der Waals surface area contributed by atoms with Crippen LogP contribution in [0.2, 0.25) is 0 Å². The first-order valence-corrected chi connectivity index (χ1v) is 11.8. The van der Waals surface area contributed by atoms with Crippen molar-refractivity contribution in [2.24, 2.45) is 0 Å². The Hall–Kier alpha value is -2.65. The molecular formula is C21H28N4O4S. The van der Waals surface area contributed by atoms with Crippen molar-refractivity contribution in [1.82, 2.24) is 4.31 Å². The maximum absolute atomic E-state index is 11.7. The normalized spacial score (nSPS) is 15.4. The molecular weight excluding hydrogens is 404 g/mol. The number of piperazine rings is 1. The molecule has 0 atom stereocenters. The van der Waals surface area contributed by atoms with Crippen molar-refractivity contribution in [2.75, 3.05) is 42.7 Å². The lowest BCUT2D eigenvalue weighted by Gasteiger charge is -2.34. The number of rotatable bonds is 7. The first-order valence-electron chi connectivity index (χ1n) is 9.96. The average molecular weight is 433 g/mol. The van der Waals surface area contributed by atoms with Gasteiger partial charge in [-0.1, -0.05) is 38.1 Å². The summed E-state index contributed by atoms with van der Waals surface area (Å²) in [6.07, 6.45) is 1.21. The van der Waals surface area contributed by atoms with Crippen molar-refractivity contribution in [1.29, 1.82) is 0 Å². The average Bonchev–Trinajstić information content (AvgIpc) is 2.71. The molecule has 1 aliphatic rings. The minimum Gasteiger partial charge on any atom is -0.375 e. The van der Waals surface area contributed by atoms with E-state index in [2.05, 4.69) is 31.3 Å². The van der Waals surface area contributed by atoms with E-state index in [-0.39, 0.29) is 5.69 Å². The first-order chi connectivity index (χ1) is 14.1. The molecule has 8 nitrogen and oxygen atoms in total. The molecule has 0 bridgehead atoms. The summed E-state index contributed by atoms with van der Waals surface area (Å²) >= 11 is 0. The summed E-state index contributed by atoms with van der Waals surface area (Å²) in [7, 11) is -3.20. The van der Waals surface area contributed by atoms with Gasteiger partial charge in [-0.25, -0.2) is 8.42 Å². The van der Waals surface area contributed by atoms with Gasteiger partial charge in [-0.15, -0.1) is 0 Å². The minimum atomic E-state index is -3.20. The van der Waals surface area contributed by atoms with Crippen LogP contribution in [-0.2, 0) is 16.6 Å². The molecule has 0 unspecified atom stereocenters. The maximum Gasteiger partial charge on any atom is 0.292 e. The zero-order valence-electron chi connectivity index (χ0n) is 17.5. The third-order valence-corrected chi connectivity index (χ3v) is 6.68. The number of hydrogen-bond donors (Lipinski definition) is 1. The van der Waals surface area contributed by atoms with Crippen LogP contribution in [0.1, 0.15) is 30.9 Å². The topological polar surface area (TPSA) is 95.8 Å². The van der Waals surface area contributed by atoms with E-state index in [1.54, 1.807) is 12.1 Å². The molecule has 1 aliphatic heterocycles. The molecule has 3 rings (SSSR count). The van der Waals surface area contributed by atoms with Crippen LogP contribution in [-0.4, -0.2) is 50.1 Å². The van der Waals surface area contributed by atoms with Gasteiger partial charge in [-0.2, -0.15) is 4.31 Å². The SMILES string of the molecule is CC(C)c1ccc(CNc2cc(N3CCN(S(C)(=O)=O)CC3)ccc2[N+](=O)[O-])cc1. The fourth-order valence-corrected chi connectivity index (χ4v) is 4.34. The Morgan fingerprint density at radius 2 is 1.70 bits per heavy atom. The van der Waals surface area contributed by atoms with Crippen molar-refractivity contribution in [3.05, 3.63) is 63.7 Å². The highest BCUT2D eigenvalue weighted by Gasteiger charge is 2.24. The van der Waals surface area contributed by atoms with Crippen molar-refractivity contribution >= 4 is 27.1 Å². The van der Waals surface area contributed by atoms with Crippen molar-refractivity contribution in [3.63, 3.8) is 0 Å². The van der Waals surface area contributed by atoms with Gasteiger partial charge in [-0.3, -0.25) is 10.1 Å². The van der Waals surface area contributed by atoms with E-state index in [4.69, 9.17) is 0 Å². The summed E-state index contributed by atoms with van der Waals surface area (Å²) < 4.78 is 24.9. The molecule has 0 aliphatic carbocycles. The zero-order valence-corrected chi connectivity index (χ0v) is 18.4. The molecule has 2 aromatic carbocycles. The number of nitrogens with one attached hydrogen (secondary N) is 1. The van der Waals surface area contributed by atoms with E-state index in [0.29, 0.717) is 44.3 Å². The van der Waals surface area contributed by atoms with Crippen LogP contribution in [0.4, 0.5) is 17.1 Å². The molecule has 0 spiro atoms. The smallest absolute Gasteiger partial charge is 0.292 e. The van der Waals surface area contributed by atoms with Gasteiger partial charge in [0, 0.05) is 44.5 Å². The second kappa shape index (κ2) is 9.01. The van der Waals surface area contributed by atoms with Gasteiger partial charge in [0.05, 0.1) is 11.2 Å². The van der Waals surface area contributed by atoms with Gasteiger partial charge in [0.15, 0.2) is 0 Å². The summed E-state index contributed by atoms with van der Waals surface area (Å²) in [6.45, 7) is 6.64. The Kier molecular flexibility index (Phi) is 6.62. The fraction of sp³-hybridized carbons (Fsp3) is 0.429. The Labute approximate surface area is 177 Å². The first kappa shape index (κ1) is 22.0. The van der Waals surface area contributed by atoms with Gasteiger partial charge in [0.25, 0.3) is 5.69 Å². The summed E-state index contributed by atoms with van der Waals surface area (Å²) in [5, 5.41) is 14.7. The standard InChI is InChI=1S/C21H28N4O4S/c1-16(2)18-6-4-17(5-7-18)15-22-20-14-19(8-9-21(20)25(26)27)23-10-12-24(13-11-23)30(3,28)29/h4-9,14,16,22H,10-13,15H2,1-3H3. The summed E-state index contributed by atoms with van der Waals surface area (Å²) in [4.78, 5) is 13.1. The van der Waals surface area contributed by atoms with Crippen LogP contribution in [0.5, 0.6) is 0 Å². The molecule has 1 N–H and O–H groups in total. The van der Waals surface area contributed by atoms with E-state index >= 15 is 0 Å². The molecule has 162 valence electrons. The molecule has 0 amide bonds. The lowest BCUT2D eigenvalue weighted by Crippen LogP contribution is -2.48. The van der Waals surface area contributed by atoms with E-state index in [0.717, 1.165) is 11.3 Å². The predicted molar refractivity (Wildman–Crippen MR) is 120 cm³/mol. The molecule has 0 saturated carbocycles. The Bertz CT molecular complexity index is 998. The Morgan fingerprint density at radius 3 is 2.23 bits per heavy atom. The van der Waals surface area contributed by atoms with Gasteiger partial charge in [0.1, 0.15) is 5.69 Å². The summed E-state index contributed by atoms with van der Waals surface area (Å²) in [5.74, 6) is 0.452. The van der Waals surface area contributed by atoms with Crippen LogP contribution < -0.4 is 10.2 Å². The quantitative estimate of drug-likeness (QED) is 0.532. The van der Waals surface area contributed by atoms with E-state index in [1.165, 1.54) is 22.2 Å². The van der Waals surface area contributed by atoms with Crippen molar-refractivity contribution in [2.45, 2.75) is 26.3 Å². The molecule has 30 heavy (non-hydrogen) atoms. The number of anilines is 2. The number of sulfonamides is 1. The zero-order chi connectivity index (χ0) is 21.9. The highest BCUT2D eigenvalue weighted by molar-refractivity contribution is 7.88. The number of nitrogens with zero attached hydrogens (tertiary/aromatic N) is 3. The van der Waals surface area contributed by atoms with Crippen LogP contribution in [0, 0.1) is 10.1 Å². The van der Waals surface area contributed by atoms with Gasteiger partial charge < -0.3 is 10.2 Å². The van der Waals surface area contributed by atoms with E-state index < -0.39 is 14.9 Å². The Balaban J connectivity index is 1.74. The number of nitro benzene ring substituents is 1. The molecule has 1 fully saturated rings. The fourth-order valence-electron chi connectivity index (χ4n) is 3.52. The molecule has 0 radical (unpaired) electrons. The summed E-state index contributed by atoms with van der Waals surface area (Å²) in [6, 6.07) is 13.2. The maximum atomic E-state index is 11.7. The summed E-state index contributed by atoms with van der Waals surface area (Å²) in [5.41, 5.74) is 3.61. The predicted octanol–water partition coefficient (Wildman–Crippen LogP) is 3.41. The lowest BCUT2D eigenvalue weighted by atomic mass is 10.0. The van der Waals surface area contributed by atoms with Crippen LogP contribution in [0.15, 0.2) is 42.5 Å². The largest absolute Gasteiger partial charge is 0.375 e. The van der Waals surface area contributed by atoms with Gasteiger partial charge >= 0.3 is 0 Å². The third-order valence-electron chi connectivity index (χ3n) is 5.38. The minimum absolute atomic E-state index is 0.0207. The van der Waals surface area contributed by atoms with Crippen molar-refractivity contribution in [3.8, 4) is 0 Å². The monoisotopic (exact) mass is 432 g/mol. The second-order valence-electron chi connectivity index (χ2n) is 7.86. The Morgan fingerprint density at radius 1 is 1.07 bits per heavy atom. The molecule has 1 saturated heterocycles. The van der Waals surface area contributed by atoms with Crippen LogP contribution in [0.25, 0.3) is 0 Å². The van der Waals surface area contributed by atoms with E-state index in [1.807, 2.05) is 17.0 Å². The van der Waals surface area contributed by atoms with Crippen molar-refractivity contribution < 1.29 is 13.3 Å². The molecule has 9 heteroatoms. The highest BCUT2D eigenvalue weighted by Crippen LogP contribution is 2.31. The molecule has 2 aromatic rings. The van der Waals surface area contributed by atoms with Gasteiger partial charge in [-0.05, 0) is 29.2 Å². The van der Waals surface area contributed by atoms with Crippen LogP contribution in [0.3, 0.4) is 0 Å². The van der Waals surface area contributed by atoms with E-state index in [9.17, 15) is 18.5 Å². The number of benzene rings is 2.